The van der Waals surface area contributed by atoms with Crippen LogP contribution in [0.1, 0.15) is 17.1 Å². The number of nitrogens with zero attached hydrogens (tertiary/aromatic N) is 3. The summed E-state index contributed by atoms with van der Waals surface area (Å²) < 4.78 is 6.12. The second kappa shape index (κ2) is 7.96. The number of aromatic nitrogens is 3. The number of carbonyl (C=O) groups excluding carboxylic acids is 1. The summed E-state index contributed by atoms with van der Waals surface area (Å²) in [6, 6.07) is 9.33. The highest BCUT2D eigenvalue weighted by Crippen LogP contribution is 2.38. The van der Waals surface area contributed by atoms with Gasteiger partial charge in [0.1, 0.15) is 21.4 Å². The number of amides is 1. The van der Waals surface area contributed by atoms with Crippen LogP contribution in [0.25, 0.3) is 20.4 Å². The quantitative estimate of drug-likeness (QED) is 0.363. The SMILES string of the molecule is COc1ccc(NC(=O)CSc2nc(C)nc3c2sc2nc(C)cc(C)c23)cc1. The molecule has 0 fully saturated rings. The van der Waals surface area contributed by atoms with Crippen LogP contribution in [-0.4, -0.2) is 33.7 Å². The molecular weight excluding hydrogens is 404 g/mol. The Bertz CT molecular complexity index is 1220. The molecule has 0 bridgehead atoms. The minimum absolute atomic E-state index is 0.0872. The van der Waals surface area contributed by atoms with Gasteiger partial charge in [0, 0.05) is 16.8 Å². The number of ether oxygens (including phenoxy) is 1. The van der Waals surface area contributed by atoms with E-state index in [1.165, 1.54) is 11.8 Å². The van der Waals surface area contributed by atoms with Crippen LogP contribution in [0.2, 0.25) is 0 Å². The van der Waals surface area contributed by atoms with Gasteiger partial charge in [-0.25, -0.2) is 15.0 Å². The van der Waals surface area contributed by atoms with Gasteiger partial charge in [0.25, 0.3) is 0 Å². The number of thioether (sulfide) groups is 1. The van der Waals surface area contributed by atoms with Crippen LogP contribution >= 0.6 is 23.1 Å². The summed E-state index contributed by atoms with van der Waals surface area (Å²) in [5.74, 6) is 1.61. The van der Waals surface area contributed by atoms with Crippen molar-refractivity contribution in [3.63, 3.8) is 0 Å². The van der Waals surface area contributed by atoms with Gasteiger partial charge in [0.2, 0.25) is 5.91 Å². The lowest BCUT2D eigenvalue weighted by Crippen LogP contribution is -2.14. The van der Waals surface area contributed by atoms with E-state index in [-0.39, 0.29) is 11.7 Å². The van der Waals surface area contributed by atoms with Gasteiger partial charge in [0.05, 0.1) is 23.1 Å². The second-order valence-electron chi connectivity index (χ2n) is 6.68. The summed E-state index contributed by atoms with van der Waals surface area (Å²) >= 11 is 3.00. The van der Waals surface area contributed by atoms with E-state index < -0.39 is 0 Å². The fourth-order valence-electron chi connectivity index (χ4n) is 3.16. The highest BCUT2D eigenvalue weighted by atomic mass is 32.2. The van der Waals surface area contributed by atoms with E-state index in [4.69, 9.17) is 4.74 Å². The Morgan fingerprint density at radius 1 is 1.14 bits per heavy atom. The lowest BCUT2D eigenvalue weighted by molar-refractivity contribution is -0.113. The van der Waals surface area contributed by atoms with Crippen molar-refractivity contribution < 1.29 is 9.53 Å². The molecule has 0 unspecified atom stereocenters. The third-order valence-corrected chi connectivity index (χ3v) is 6.59. The molecule has 29 heavy (non-hydrogen) atoms. The number of methoxy groups -OCH3 is 1. The van der Waals surface area contributed by atoms with E-state index >= 15 is 0 Å². The van der Waals surface area contributed by atoms with Gasteiger partial charge in [-0.2, -0.15) is 0 Å². The lowest BCUT2D eigenvalue weighted by Gasteiger charge is -2.07. The van der Waals surface area contributed by atoms with E-state index in [0.717, 1.165) is 48.2 Å². The number of hydrogen-bond acceptors (Lipinski definition) is 7. The second-order valence-corrected chi connectivity index (χ2v) is 8.64. The van der Waals surface area contributed by atoms with Crippen LogP contribution in [-0.2, 0) is 4.79 Å². The molecule has 0 spiro atoms. The molecule has 8 heteroatoms. The summed E-state index contributed by atoms with van der Waals surface area (Å²) in [5.41, 5.74) is 3.79. The number of pyridine rings is 1. The first-order valence-corrected chi connectivity index (χ1v) is 10.9. The van der Waals surface area contributed by atoms with E-state index in [0.29, 0.717) is 5.82 Å². The van der Waals surface area contributed by atoms with E-state index in [2.05, 4.69) is 33.3 Å². The van der Waals surface area contributed by atoms with Gasteiger partial charge >= 0.3 is 0 Å². The zero-order valence-corrected chi connectivity index (χ0v) is 18.2. The minimum atomic E-state index is -0.0872. The lowest BCUT2D eigenvalue weighted by atomic mass is 10.1. The number of benzene rings is 1. The third kappa shape index (κ3) is 4.04. The average Bonchev–Trinajstić information content (AvgIpc) is 3.05. The van der Waals surface area contributed by atoms with Crippen LogP contribution in [0.5, 0.6) is 5.75 Å². The van der Waals surface area contributed by atoms with Crippen molar-refractivity contribution in [1.82, 2.24) is 15.0 Å². The first kappa shape index (κ1) is 19.6. The predicted octanol–water partition coefficient (Wildman–Crippen LogP) is 4.90. The fourth-order valence-corrected chi connectivity index (χ4v) is 5.35. The van der Waals surface area contributed by atoms with Crippen LogP contribution in [0.4, 0.5) is 5.69 Å². The number of fused-ring (bicyclic) bond motifs is 3. The van der Waals surface area contributed by atoms with Crippen LogP contribution in [0, 0.1) is 20.8 Å². The summed E-state index contributed by atoms with van der Waals surface area (Å²) in [6.45, 7) is 5.95. The van der Waals surface area contributed by atoms with Crippen molar-refractivity contribution in [1.29, 1.82) is 0 Å². The third-order valence-electron chi connectivity index (χ3n) is 4.41. The maximum atomic E-state index is 12.4. The molecule has 0 aliphatic carbocycles. The maximum Gasteiger partial charge on any atom is 0.234 e. The van der Waals surface area contributed by atoms with Gasteiger partial charge in [-0.1, -0.05) is 11.8 Å². The van der Waals surface area contributed by atoms with Crippen molar-refractivity contribution in [3.05, 3.63) is 47.4 Å². The molecule has 4 aromatic rings. The van der Waals surface area contributed by atoms with Crippen molar-refractivity contribution in [2.24, 2.45) is 0 Å². The summed E-state index contributed by atoms with van der Waals surface area (Å²) in [7, 11) is 1.61. The molecule has 3 heterocycles. The Kier molecular flexibility index (Phi) is 5.38. The molecule has 0 aliphatic rings. The smallest absolute Gasteiger partial charge is 0.234 e. The van der Waals surface area contributed by atoms with E-state index in [9.17, 15) is 4.79 Å². The molecule has 3 aromatic heterocycles. The van der Waals surface area contributed by atoms with E-state index in [1.807, 2.05) is 38.1 Å². The van der Waals surface area contributed by atoms with Gasteiger partial charge in [0.15, 0.2) is 0 Å². The standard InChI is InChI=1S/C21H20N4O2S2/c1-11-9-12(2)22-20-17(11)18-19(29-20)21(24-13(3)23-18)28-10-16(26)25-14-5-7-15(27-4)8-6-14/h5-9H,10H2,1-4H3,(H,25,26). The molecule has 0 aliphatic heterocycles. The molecule has 0 saturated heterocycles. The van der Waals surface area contributed by atoms with Crippen molar-refractivity contribution in [2.45, 2.75) is 25.8 Å². The maximum absolute atomic E-state index is 12.4. The number of hydrogen-bond donors (Lipinski definition) is 1. The Balaban J connectivity index is 1.58. The molecule has 148 valence electrons. The first-order valence-electron chi connectivity index (χ1n) is 9.06. The highest BCUT2D eigenvalue weighted by molar-refractivity contribution is 8.00. The van der Waals surface area contributed by atoms with Crippen molar-refractivity contribution >= 4 is 55.1 Å². The zero-order chi connectivity index (χ0) is 20.5. The number of nitrogens with one attached hydrogen (secondary N) is 1. The normalized spacial score (nSPS) is 11.2. The number of rotatable bonds is 5. The fraction of sp³-hybridized carbons (Fsp3) is 0.238. The molecular formula is C21H20N4O2S2. The molecule has 0 atom stereocenters. The molecule has 1 amide bonds. The molecule has 1 aromatic carbocycles. The molecule has 0 saturated carbocycles. The largest absolute Gasteiger partial charge is 0.497 e. The molecule has 1 N–H and O–H groups in total. The number of carbonyl (C=O) groups is 1. The summed E-state index contributed by atoms with van der Waals surface area (Å²) in [4.78, 5) is 27.3. The Morgan fingerprint density at radius 3 is 2.62 bits per heavy atom. The van der Waals surface area contributed by atoms with Crippen molar-refractivity contribution in [3.8, 4) is 5.75 Å². The van der Waals surface area contributed by atoms with Crippen molar-refractivity contribution in [2.75, 3.05) is 18.2 Å². The topological polar surface area (TPSA) is 77.0 Å². The average molecular weight is 425 g/mol. The molecule has 4 rings (SSSR count). The Hall–Kier alpha value is -2.71. The predicted molar refractivity (Wildman–Crippen MR) is 119 cm³/mol. The number of anilines is 1. The number of thiophene rings is 1. The highest BCUT2D eigenvalue weighted by Gasteiger charge is 2.17. The van der Waals surface area contributed by atoms with Gasteiger partial charge < -0.3 is 10.1 Å². The monoisotopic (exact) mass is 424 g/mol. The van der Waals surface area contributed by atoms with Gasteiger partial charge in [-0.05, 0) is 56.7 Å². The molecule has 0 radical (unpaired) electrons. The Morgan fingerprint density at radius 2 is 1.90 bits per heavy atom. The first-order chi connectivity index (χ1) is 13.9. The summed E-state index contributed by atoms with van der Waals surface area (Å²) in [5, 5.41) is 4.79. The van der Waals surface area contributed by atoms with Crippen LogP contribution in [0.3, 0.4) is 0 Å². The van der Waals surface area contributed by atoms with Crippen LogP contribution in [0.15, 0.2) is 35.4 Å². The van der Waals surface area contributed by atoms with Gasteiger partial charge in [-0.15, -0.1) is 11.3 Å². The zero-order valence-electron chi connectivity index (χ0n) is 16.6. The molecule has 6 nitrogen and oxygen atoms in total. The van der Waals surface area contributed by atoms with Gasteiger partial charge in [-0.3, -0.25) is 4.79 Å². The van der Waals surface area contributed by atoms with Crippen LogP contribution < -0.4 is 10.1 Å². The number of aryl methyl sites for hydroxylation is 3. The Labute approximate surface area is 176 Å². The summed E-state index contributed by atoms with van der Waals surface area (Å²) in [6.07, 6.45) is 0. The minimum Gasteiger partial charge on any atom is -0.497 e. The van der Waals surface area contributed by atoms with E-state index in [1.54, 1.807) is 18.4 Å².